The SMILES string of the molecule is C=C/C(=C(/F)C(=C)Br)c1cn2c(n1)CCC2. The van der Waals surface area contributed by atoms with E-state index in [-0.39, 0.29) is 4.48 Å². The first kappa shape index (κ1) is 11.3. The Bertz CT molecular complexity index is 464. The minimum Gasteiger partial charge on any atom is -0.334 e. The molecule has 0 saturated carbocycles. The number of halogens is 2. The van der Waals surface area contributed by atoms with E-state index < -0.39 is 5.83 Å². The molecule has 16 heavy (non-hydrogen) atoms. The number of aryl methyl sites for hydroxylation is 2. The van der Waals surface area contributed by atoms with Crippen LogP contribution in [0.3, 0.4) is 0 Å². The number of allylic oxidation sites excluding steroid dienone is 4. The fourth-order valence-electron chi connectivity index (χ4n) is 1.84. The molecule has 0 aromatic carbocycles. The lowest BCUT2D eigenvalue weighted by Crippen LogP contribution is -1.88. The van der Waals surface area contributed by atoms with Gasteiger partial charge < -0.3 is 4.57 Å². The van der Waals surface area contributed by atoms with Crippen molar-refractivity contribution in [2.45, 2.75) is 19.4 Å². The molecule has 0 saturated heterocycles. The predicted molar refractivity (Wildman–Crippen MR) is 66.8 cm³/mol. The Morgan fingerprint density at radius 2 is 2.38 bits per heavy atom. The molecule has 0 fully saturated rings. The fraction of sp³-hybridized carbons (Fsp3) is 0.250. The van der Waals surface area contributed by atoms with Crippen molar-refractivity contribution >= 4 is 21.5 Å². The van der Waals surface area contributed by atoms with E-state index in [2.05, 4.69) is 38.6 Å². The van der Waals surface area contributed by atoms with Crippen molar-refractivity contribution in [2.24, 2.45) is 0 Å². The molecule has 1 aromatic rings. The van der Waals surface area contributed by atoms with Crippen molar-refractivity contribution in [3.63, 3.8) is 0 Å². The van der Waals surface area contributed by atoms with Crippen molar-refractivity contribution in [1.29, 1.82) is 0 Å². The van der Waals surface area contributed by atoms with Gasteiger partial charge >= 0.3 is 0 Å². The number of rotatable bonds is 3. The third-order valence-electron chi connectivity index (χ3n) is 2.61. The molecule has 84 valence electrons. The Morgan fingerprint density at radius 1 is 1.62 bits per heavy atom. The van der Waals surface area contributed by atoms with Gasteiger partial charge in [0.2, 0.25) is 0 Å². The molecule has 1 aliphatic heterocycles. The number of nitrogens with zero attached hydrogens (tertiary/aromatic N) is 2. The predicted octanol–water partition coefficient (Wildman–Crippen LogP) is 3.60. The first-order valence-corrected chi connectivity index (χ1v) is 5.86. The van der Waals surface area contributed by atoms with E-state index >= 15 is 0 Å². The van der Waals surface area contributed by atoms with E-state index in [0.29, 0.717) is 11.3 Å². The zero-order valence-electron chi connectivity index (χ0n) is 8.84. The Hall–Kier alpha value is -1.16. The van der Waals surface area contributed by atoms with Crippen LogP contribution in [0.1, 0.15) is 17.9 Å². The van der Waals surface area contributed by atoms with Crippen LogP contribution in [0.4, 0.5) is 4.39 Å². The average molecular weight is 283 g/mol. The molecule has 2 rings (SSSR count). The molecule has 0 radical (unpaired) electrons. The highest BCUT2D eigenvalue weighted by Crippen LogP contribution is 2.28. The zero-order chi connectivity index (χ0) is 11.7. The monoisotopic (exact) mass is 282 g/mol. The van der Waals surface area contributed by atoms with Gasteiger partial charge in [-0.05, 0) is 22.4 Å². The van der Waals surface area contributed by atoms with Gasteiger partial charge in [0.15, 0.2) is 0 Å². The smallest absolute Gasteiger partial charge is 0.146 e. The van der Waals surface area contributed by atoms with Gasteiger partial charge in [-0.2, -0.15) is 0 Å². The van der Waals surface area contributed by atoms with Crippen molar-refractivity contribution in [3.05, 3.63) is 47.3 Å². The maximum absolute atomic E-state index is 13.8. The van der Waals surface area contributed by atoms with Gasteiger partial charge in [-0.15, -0.1) is 0 Å². The normalized spacial score (nSPS) is 15.6. The van der Waals surface area contributed by atoms with Crippen LogP contribution >= 0.6 is 15.9 Å². The van der Waals surface area contributed by atoms with E-state index in [0.717, 1.165) is 25.2 Å². The second-order valence-corrected chi connectivity index (χ2v) is 4.63. The Balaban J connectivity index is 2.45. The summed E-state index contributed by atoms with van der Waals surface area (Å²) >= 11 is 3.03. The van der Waals surface area contributed by atoms with E-state index in [1.54, 1.807) is 0 Å². The highest BCUT2D eigenvalue weighted by molar-refractivity contribution is 9.11. The van der Waals surface area contributed by atoms with Crippen molar-refractivity contribution in [2.75, 3.05) is 0 Å². The summed E-state index contributed by atoms with van der Waals surface area (Å²) in [7, 11) is 0. The maximum atomic E-state index is 13.8. The molecule has 4 heteroatoms. The summed E-state index contributed by atoms with van der Waals surface area (Å²) in [6.45, 7) is 8.09. The van der Waals surface area contributed by atoms with Crippen LogP contribution in [0.2, 0.25) is 0 Å². The lowest BCUT2D eigenvalue weighted by molar-refractivity contribution is 0.668. The number of aromatic nitrogens is 2. The van der Waals surface area contributed by atoms with Gasteiger partial charge in [0.1, 0.15) is 11.7 Å². The number of fused-ring (bicyclic) bond motifs is 1. The van der Waals surface area contributed by atoms with Gasteiger partial charge in [-0.1, -0.05) is 19.2 Å². The second-order valence-electron chi connectivity index (χ2n) is 3.68. The van der Waals surface area contributed by atoms with Crippen LogP contribution in [0.5, 0.6) is 0 Å². The van der Waals surface area contributed by atoms with Gasteiger partial charge in [-0.25, -0.2) is 9.37 Å². The molecule has 0 spiro atoms. The van der Waals surface area contributed by atoms with Gasteiger partial charge in [0, 0.05) is 29.2 Å². The van der Waals surface area contributed by atoms with Gasteiger partial charge in [0.25, 0.3) is 0 Å². The van der Waals surface area contributed by atoms with Gasteiger partial charge in [-0.3, -0.25) is 0 Å². The third-order valence-corrected chi connectivity index (χ3v) is 2.96. The fourth-order valence-corrected chi connectivity index (χ4v) is 2.05. The molecule has 0 amide bonds. The lowest BCUT2D eigenvalue weighted by Gasteiger charge is -2.00. The third kappa shape index (κ3) is 1.89. The van der Waals surface area contributed by atoms with Crippen LogP contribution in [0.25, 0.3) is 5.57 Å². The average Bonchev–Trinajstić information content (AvgIpc) is 2.78. The number of imidazole rings is 1. The standard InChI is InChI=1S/C12H12BrFN2/c1-3-9(12(14)8(2)13)10-7-16-6-4-5-11(16)15-10/h3,7H,1-2,4-6H2/b12-9-. The molecule has 1 aromatic heterocycles. The van der Waals surface area contributed by atoms with Crippen LogP contribution in [-0.4, -0.2) is 9.55 Å². The quantitative estimate of drug-likeness (QED) is 0.775. The van der Waals surface area contributed by atoms with E-state index in [9.17, 15) is 4.39 Å². The van der Waals surface area contributed by atoms with Crippen molar-refractivity contribution in [1.82, 2.24) is 9.55 Å². The van der Waals surface area contributed by atoms with E-state index in [4.69, 9.17) is 0 Å². The van der Waals surface area contributed by atoms with E-state index in [1.165, 1.54) is 6.08 Å². The molecule has 2 heterocycles. The van der Waals surface area contributed by atoms with Gasteiger partial charge in [0.05, 0.1) is 5.69 Å². The number of hydrogen-bond donors (Lipinski definition) is 0. The molecule has 0 unspecified atom stereocenters. The Morgan fingerprint density at radius 3 is 2.94 bits per heavy atom. The molecular formula is C12H12BrFN2. The summed E-state index contributed by atoms with van der Waals surface area (Å²) in [5, 5.41) is 0. The topological polar surface area (TPSA) is 17.8 Å². The highest BCUT2D eigenvalue weighted by atomic mass is 79.9. The Labute approximate surface area is 102 Å². The van der Waals surface area contributed by atoms with Crippen molar-refractivity contribution < 1.29 is 4.39 Å². The van der Waals surface area contributed by atoms with Crippen LogP contribution in [0, 0.1) is 0 Å². The molecule has 0 aliphatic carbocycles. The molecule has 2 nitrogen and oxygen atoms in total. The first-order chi connectivity index (χ1) is 7.63. The van der Waals surface area contributed by atoms with Crippen LogP contribution in [-0.2, 0) is 13.0 Å². The van der Waals surface area contributed by atoms with Crippen molar-refractivity contribution in [3.8, 4) is 0 Å². The zero-order valence-corrected chi connectivity index (χ0v) is 10.4. The Kier molecular flexibility index (Phi) is 3.10. The van der Waals surface area contributed by atoms with Crippen LogP contribution < -0.4 is 0 Å². The molecule has 1 aliphatic rings. The first-order valence-electron chi connectivity index (χ1n) is 5.07. The minimum absolute atomic E-state index is 0.218. The summed E-state index contributed by atoms with van der Waals surface area (Å²) in [6.07, 6.45) is 5.42. The summed E-state index contributed by atoms with van der Waals surface area (Å²) < 4.78 is 16.0. The lowest BCUT2D eigenvalue weighted by atomic mass is 10.1. The molecular weight excluding hydrogens is 271 g/mol. The molecule has 0 atom stereocenters. The minimum atomic E-state index is -0.410. The number of hydrogen-bond acceptors (Lipinski definition) is 1. The van der Waals surface area contributed by atoms with E-state index in [1.807, 2.05) is 6.20 Å². The van der Waals surface area contributed by atoms with Crippen LogP contribution in [0.15, 0.2) is 35.7 Å². The molecule has 0 bridgehead atoms. The second kappa shape index (κ2) is 4.37. The molecule has 0 N–H and O–H groups in total. The summed E-state index contributed by atoms with van der Waals surface area (Å²) in [4.78, 5) is 4.40. The highest BCUT2D eigenvalue weighted by Gasteiger charge is 2.17. The summed E-state index contributed by atoms with van der Waals surface area (Å²) in [5.74, 6) is 0.606. The largest absolute Gasteiger partial charge is 0.334 e. The summed E-state index contributed by atoms with van der Waals surface area (Å²) in [5.41, 5.74) is 1.02. The summed E-state index contributed by atoms with van der Waals surface area (Å²) in [6, 6.07) is 0. The maximum Gasteiger partial charge on any atom is 0.146 e.